The smallest absolute Gasteiger partial charge is 0.0916 e. The Bertz CT molecular complexity index is 504. The maximum Gasteiger partial charge on any atom is 0.0916 e. The summed E-state index contributed by atoms with van der Waals surface area (Å²) in [5, 5.41) is 0. The van der Waals surface area contributed by atoms with E-state index in [9.17, 15) is 0 Å². The zero-order valence-electron chi connectivity index (χ0n) is 14.9. The Morgan fingerprint density at radius 3 is 2.65 bits per heavy atom. The molecule has 0 bridgehead atoms. The van der Waals surface area contributed by atoms with Gasteiger partial charge in [0.25, 0.3) is 0 Å². The van der Waals surface area contributed by atoms with Gasteiger partial charge in [-0.05, 0) is 43.4 Å². The van der Waals surface area contributed by atoms with Gasteiger partial charge in [0.2, 0.25) is 0 Å². The minimum atomic E-state index is 0.646. The van der Waals surface area contributed by atoms with Crippen molar-refractivity contribution in [2.45, 2.75) is 45.6 Å². The standard InChI is InChI=1S/C21H31NO/c1-18(2)15-17-22(20-11-13-21(23-3)14-12-20)16-7-10-19-8-5-4-6-9-19/h4-10,13,18,20H,11-12,14-17H2,1-3H3/b10-7+. The molecular weight excluding hydrogens is 282 g/mol. The number of ether oxygens (including phenoxy) is 1. The lowest BCUT2D eigenvalue weighted by molar-refractivity contribution is 0.173. The topological polar surface area (TPSA) is 12.5 Å². The predicted octanol–water partition coefficient (Wildman–Crippen LogP) is 5.13. The molecule has 0 aliphatic heterocycles. The molecule has 1 unspecified atom stereocenters. The first-order valence-corrected chi connectivity index (χ1v) is 8.87. The molecule has 0 fully saturated rings. The Hall–Kier alpha value is -1.54. The minimum absolute atomic E-state index is 0.646. The summed E-state index contributed by atoms with van der Waals surface area (Å²) in [6.45, 7) is 6.82. The van der Waals surface area contributed by atoms with Gasteiger partial charge in [-0.25, -0.2) is 0 Å². The third kappa shape index (κ3) is 6.23. The monoisotopic (exact) mass is 313 g/mol. The van der Waals surface area contributed by atoms with Gasteiger partial charge in [0.05, 0.1) is 12.9 Å². The zero-order valence-corrected chi connectivity index (χ0v) is 14.9. The van der Waals surface area contributed by atoms with Gasteiger partial charge in [0.15, 0.2) is 0 Å². The normalized spacial score (nSPS) is 18.7. The highest BCUT2D eigenvalue weighted by molar-refractivity contribution is 5.48. The van der Waals surface area contributed by atoms with Gasteiger partial charge in [-0.15, -0.1) is 0 Å². The molecule has 0 radical (unpaired) electrons. The van der Waals surface area contributed by atoms with E-state index in [1.807, 2.05) is 0 Å². The lowest BCUT2D eigenvalue weighted by Gasteiger charge is -2.33. The Labute approximate surface area is 141 Å². The number of rotatable bonds is 8. The van der Waals surface area contributed by atoms with E-state index in [-0.39, 0.29) is 0 Å². The SMILES string of the molecule is COC1=CCC(N(C/C=C/c2ccccc2)CCC(C)C)CC1. The van der Waals surface area contributed by atoms with Crippen molar-refractivity contribution < 1.29 is 4.74 Å². The van der Waals surface area contributed by atoms with Crippen LogP contribution in [-0.2, 0) is 4.74 Å². The molecule has 23 heavy (non-hydrogen) atoms. The number of benzene rings is 1. The molecule has 126 valence electrons. The first kappa shape index (κ1) is 17.8. The van der Waals surface area contributed by atoms with Gasteiger partial charge in [-0.3, -0.25) is 4.90 Å². The highest BCUT2D eigenvalue weighted by Crippen LogP contribution is 2.23. The molecule has 0 spiro atoms. The molecule has 0 saturated carbocycles. The van der Waals surface area contributed by atoms with Crippen LogP contribution in [0.1, 0.15) is 45.1 Å². The second kappa shape index (κ2) is 9.57. The fraction of sp³-hybridized carbons (Fsp3) is 0.524. The number of nitrogens with zero attached hydrogens (tertiary/aromatic N) is 1. The number of hydrogen-bond donors (Lipinski definition) is 0. The fourth-order valence-electron chi connectivity index (χ4n) is 3.05. The molecule has 1 aliphatic carbocycles. The molecular formula is C21H31NO. The molecule has 0 saturated heterocycles. The van der Waals surface area contributed by atoms with E-state index in [2.05, 4.69) is 67.3 Å². The second-order valence-electron chi connectivity index (χ2n) is 6.79. The molecule has 2 heteroatoms. The lowest BCUT2D eigenvalue weighted by atomic mass is 9.98. The summed E-state index contributed by atoms with van der Waals surface area (Å²) in [7, 11) is 1.78. The van der Waals surface area contributed by atoms with Gasteiger partial charge < -0.3 is 4.74 Å². The molecule has 1 atom stereocenters. The van der Waals surface area contributed by atoms with Gasteiger partial charge >= 0.3 is 0 Å². The van der Waals surface area contributed by atoms with E-state index >= 15 is 0 Å². The zero-order chi connectivity index (χ0) is 16.5. The number of hydrogen-bond acceptors (Lipinski definition) is 2. The summed E-state index contributed by atoms with van der Waals surface area (Å²) < 4.78 is 5.38. The van der Waals surface area contributed by atoms with E-state index in [0.717, 1.165) is 31.1 Å². The molecule has 0 amide bonds. The van der Waals surface area contributed by atoms with E-state index < -0.39 is 0 Å². The van der Waals surface area contributed by atoms with Crippen LogP contribution in [0.5, 0.6) is 0 Å². The van der Waals surface area contributed by atoms with Crippen molar-refractivity contribution in [3.63, 3.8) is 0 Å². The van der Waals surface area contributed by atoms with Gasteiger partial charge in [0.1, 0.15) is 0 Å². The lowest BCUT2D eigenvalue weighted by Crippen LogP contribution is -2.37. The van der Waals surface area contributed by atoms with Crippen molar-refractivity contribution in [1.29, 1.82) is 0 Å². The Kier molecular flexibility index (Phi) is 7.41. The third-order valence-corrected chi connectivity index (χ3v) is 4.56. The summed E-state index contributed by atoms with van der Waals surface area (Å²) in [4.78, 5) is 2.64. The van der Waals surface area contributed by atoms with Crippen molar-refractivity contribution in [2.75, 3.05) is 20.2 Å². The first-order chi connectivity index (χ1) is 11.2. The van der Waals surface area contributed by atoms with Crippen molar-refractivity contribution in [3.8, 4) is 0 Å². The summed E-state index contributed by atoms with van der Waals surface area (Å²) in [5.41, 5.74) is 1.28. The minimum Gasteiger partial charge on any atom is -0.501 e. The van der Waals surface area contributed by atoms with E-state index in [4.69, 9.17) is 4.74 Å². The van der Waals surface area contributed by atoms with Crippen LogP contribution in [0, 0.1) is 5.92 Å². The average molecular weight is 313 g/mol. The van der Waals surface area contributed by atoms with Crippen LogP contribution in [-0.4, -0.2) is 31.1 Å². The van der Waals surface area contributed by atoms with Crippen molar-refractivity contribution in [2.24, 2.45) is 5.92 Å². The highest BCUT2D eigenvalue weighted by atomic mass is 16.5. The number of allylic oxidation sites excluding steroid dienone is 1. The van der Waals surface area contributed by atoms with Gasteiger partial charge in [-0.2, -0.15) is 0 Å². The van der Waals surface area contributed by atoms with Crippen molar-refractivity contribution in [1.82, 2.24) is 4.90 Å². The number of methoxy groups -OCH3 is 1. The molecule has 2 rings (SSSR count). The average Bonchev–Trinajstić information content (AvgIpc) is 2.59. The van der Waals surface area contributed by atoms with E-state index in [1.165, 1.54) is 24.9 Å². The van der Waals surface area contributed by atoms with Gasteiger partial charge in [0, 0.05) is 19.0 Å². The molecule has 2 nitrogen and oxygen atoms in total. The summed E-state index contributed by atoms with van der Waals surface area (Å²) in [6.07, 6.45) is 11.5. The van der Waals surface area contributed by atoms with Crippen LogP contribution in [0.2, 0.25) is 0 Å². The molecule has 1 aliphatic rings. The third-order valence-electron chi connectivity index (χ3n) is 4.56. The largest absolute Gasteiger partial charge is 0.501 e. The van der Waals surface area contributed by atoms with E-state index in [1.54, 1.807) is 7.11 Å². The van der Waals surface area contributed by atoms with Crippen LogP contribution < -0.4 is 0 Å². The van der Waals surface area contributed by atoms with Crippen molar-refractivity contribution in [3.05, 3.63) is 53.8 Å². The van der Waals surface area contributed by atoms with E-state index in [0.29, 0.717) is 6.04 Å². The molecule has 1 aromatic rings. The Morgan fingerprint density at radius 2 is 2.04 bits per heavy atom. The first-order valence-electron chi connectivity index (χ1n) is 8.87. The molecule has 0 N–H and O–H groups in total. The summed E-state index contributed by atoms with van der Waals surface area (Å²) >= 11 is 0. The predicted molar refractivity (Wildman–Crippen MR) is 99.2 cm³/mol. The van der Waals surface area contributed by atoms with Crippen LogP contribution in [0.15, 0.2) is 48.2 Å². The second-order valence-corrected chi connectivity index (χ2v) is 6.79. The Balaban J connectivity index is 1.94. The van der Waals surface area contributed by atoms with Crippen LogP contribution in [0.4, 0.5) is 0 Å². The molecule has 1 aromatic carbocycles. The molecule has 0 heterocycles. The maximum atomic E-state index is 5.38. The van der Waals surface area contributed by atoms with Crippen LogP contribution in [0.25, 0.3) is 6.08 Å². The molecule has 0 aromatic heterocycles. The maximum absolute atomic E-state index is 5.38. The van der Waals surface area contributed by atoms with Crippen molar-refractivity contribution >= 4 is 6.08 Å². The summed E-state index contributed by atoms with van der Waals surface area (Å²) in [6, 6.07) is 11.2. The Morgan fingerprint density at radius 1 is 1.26 bits per heavy atom. The summed E-state index contributed by atoms with van der Waals surface area (Å²) in [5.74, 6) is 1.91. The fourth-order valence-corrected chi connectivity index (χ4v) is 3.05. The van der Waals surface area contributed by atoms with Gasteiger partial charge in [-0.1, -0.05) is 56.3 Å². The quantitative estimate of drug-likeness (QED) is 0.659. The highest BCUT2D eigenvalue weighted by Gasteiger charge is 2.20. The van der Waals surface area contributed by atoms with Crippen LogP contribution in [0.3, 0.4) is 0 Å². The van der Waals surface area contributed by atoms with Crippen LogP contribution >= 0.6 is 0 Å².